The molecular formula is C24H20N4O2S2. The van der Waals surface area contributed by atoms with Crippen molar-refractivity contribution in [3.05, 3.63) is 87.6 Å². The summed E-state index contributed by atoms with van der Waals surface area (Å²) in [7, 11) is 1.68. The van der Waals surface area contributed by atoms with E-state index in [0.29, 0.717) is 0 Å². The fraction of sp³-hybridized carbons (Fsp3) is 0.167. The molecule has 0 unspecified atom stereocenters. The third-order valence-corrected chi connectivity index (χ3v) is 7.24. The van der Waals surface area contributed by atoms with Gasteiger partial charge in [-0.25, -0.2) is 4.68 Å². The largest absolute Gasteiger partial charge is 0.497 e. The molecular weight excluding hydrogens is 440 g/mol. The minimum absolute atomic E-state index is 0.116. The normalized spacial score (nSPS) is 18.8. The third-order valence-electron chi connectivity index (χ3n) is 5.77. The zero-order chi connectivity index (χ0) is 21.7. The Hall–Kier alpha value is -3.23. The number of rotatable bonds is 4. The van der Waals surface area contributed by atoms with E-state index in [0.717, 1.165) is 45.0 Å². The number of thioether (sulfide) groups is 1. The number of hydrogen-bond acceptors (Lipinski definition) is 7. The van der Waals surface area contributed by atoms with Gasteiger partial charge < -0.3 is 14.8 Å². The molecule has 0 bridgehead atoms. The van der Waals surface area contributed by atoms with Gasteiger partial charge in [-0.1, -0.05) is 42.1 Å². The third kappa shape index (κ3) is 3.02. The van der Waals surface area contributed by atoms with Gasteiger partial charge in [0.2, 0.25) is 11.1 Å². The van der Waals surface area contributed by atoms with Crippen molar-refractivity contribution in [2.75, 3.05) is 18.7 Å². The summed E-state index contributed by atoms with van der Waals surface area (Å²) in [5.74, 6) is 2.41. The van der Waals surface area contributed by atoms with Crippen molar-refractivity contribution in [2.45, 2.75) is 17.3 Å². The van der Waals surface area contributed by atoms with Gasteiger partial charge in [0.25, 0.3) is 0 Å². The van der Waals surface area contributed by atoms with Crippen LogP contribution >= 0.6 is 23.1 Å². The molecule has 0 saturated heterocycles. The molecule has 2 aliphatic heterocycles. The molecule has 0 spiro atoms. The minimum atomic E-state index is -0.277. The maximum atomic E-state index is 6.64. The Morgan fingerprint density at radius 1 is 1.09 bits per heavy atom. The van der Waals surface area contributed by atoms with Gasteiger partial charge in [-0.05, 0) is 47.5 Å². The first kappa shape index (κ1) is 19.5. The molecule has 6 nitrogen and oxygen atoms in total. The molecule has 1 N–H and O–H groups in total. The van der Waals surface area contributed by atoms with Crippen LogP contribution in [0.5, 0.6) is 11.5 Å². The second-order valence-electron chi connectivity index (χ2n) is 7.51. The number of anilines is 1. The van der Waals surface area contributed by atoms with E-state index < -0.39 is 0 Å². The summed E-state index contributed by atoms with van der Waals surface area (Å²) in [6.45, 7) is 0. The maximum absolute atomic E-state index is 6.64. The van der Waals surface area contributed by atoms with E-state index in [9.17, 15) is 0 Å². The second-order valence-corrected chi connectivity index (χ2v) is 9.26. The first-order valence-corrected chi connectivity index (χ1v) is 12.3. The van der Waals surface area contributed by atoms with Crippen LogP contribution in [0, 0.1) is 0 Å². The Morgan fingerprint density at radius 2 is 1.94 bits per heavy atom. The Kier molecular flexibility index (Phi) is 4.69. The lowest BCUT2D eigenvalue weighted by Gasteiger charge is -2.38. The van der Waals surface area contributed by atoms with Crippen LogP contribution in [0.1, 0.15) is 28.1 Å². The summed E-state index contributed by atoms with van der Waals surface area (Å²) in [5, 5.41) is 11.2. The molecule has 2 aliphatic rings. The molecule has 4 aromatic rings. The van der Waals surface area contributed by atoms with E-state index in [2.05, 4.69) is 41.0 Å². The zero-order valence-electron chi connectivity index (χ0n) is 17.5. The number of benzene rings is 2. The van der Waals surface area contributed by atoms with Gasteiger partial charge in [-0.15, -0.1) is 16.4 Å². The van der Waals surface area contributed by atoms with E-state index in [1.54, 1.807) is 18.4 Å². The van der Waals surface area contributed by atoms with Crippen molar-refractivity contribution in [1.29, 1.82) is 0 Å². The van der Waals surface area contributed by atoms with E-state index in [4.69, 9.17) is 19.6 Å². The van der Waals surface area contributed by atoms with Gasteiger partial charge in [0.1, 0.15) is 23.6 Å². The summed E-state index contributed by atoms with van der Waals surface area (Å²) in [6, 6.07) is 20.4. The van der Waals surface area contributed by atoms with Crippen LogP contribution < -0.4 is 14.8 Å². The SMILES string of the molecule is COc1ccc([C@@H]2Oc3ccccc3C3=C2[C@@H](c2cccs2)n2nc(SC)nc2N3)cc1. The highest BCUT2D eigenvalue weighted by atomic mass is 32.2. The van der Waals surface area contributed by atoms with Gasteiger partial charge in [0.15, 0.2) is 0 Å². The smallest absolute Gasteiger partial charge is 0.227 e. The standard InChI is InChI=1S/C24H20N4O2S2/c1-29-15-11-9-14(10-12-15)22-19-20(16-6-3-4-7-17(16)30-22)25-23-26-24(31-2)27-28(23)21(19)18-8-5-13-32-18/h3-13,21-22H,1-2H3,(H,25,26,27)/t21-,22+/m1/s1. The number of nitrogens with one attached hydrogen (secondary N) is 1. The van der Waals surface area contributed by atoms with Gasteiger partial charge >= 0.3 is 0 Å². The lowest BCUT2D eigenvalue weighted by molar-refractivity contribution is 0.223. The monoisotopic (exact) mass is 460 g/mol. The Bertz CT molecular complexity index is 1310. The van der Waals surface area contributed by atoms with Crippen LogP contribution in [0.25, 0.3) is 5.70 Å². The van der Waals surface area contributed by atoms with Crippen LogP contribution in [0.2, 0.25) is 0 Å². The predicted molar refractivity (Wildman–Crippen MR) is 128 cm³/mol. The fourth-order valence-electron chi connectivity index (χ4n) is 4.32. The maximum Gasteiger partial charge on any atom is 0.227 e. The zero-order valence-corrected chi connectivity index (χ0v) is 19.1. The molecule has 6 rings (SSSR count). The predicted octanol–water partition coefficient (Wildman–Crippen LogP) is 5.63. The summed E-state index contributed by atoms with van der Waals surface area (Å²) in [4.78, 5) is 5.92. The molecule has 0 radical (unpaired) electrons. The number of aromatic nitrogens is 3. The second kappa shape index (κ2) is 7.72. The molecule has 8 heteroatoms. The van der Waals surface area contributed by atoms with Crippen molar-refractivity contribution < 1.29 is 9.47 Å². The molecule has 0 saturated carbocycles. The first-order chi connectivity index (χ1) is 15.8. The van der Waals surface area contributed by atoms with E-state index in [1.165, 1.54) is 16.6 Å². The highest BCUT2D eigenvalue weighted by molar-refractivity contribution is 7.98. The van der Waals surface area contributed by atoms with E-state index in [-0.39, 0.29) is 12.1 Å². The summed E-state index contributed by atoms with van der Waals surface area (Å²) >= 11 is 3.26. The molecule has 0 amide bonds. The lowest BCUT2D eigenvalue weighted by atomic mass is 9.87. The summed E-state index contributed by atoms with van der Waals surface area (Å²) in [5.41, 5.74) is 4.26. The quantitative estimate of drug-likeness (QED) is 0.398. The molecule has 32 heavy (non-hydrogen) atoms. The summed E-state index contributed by atoms with van der Waals surface area (Å²) in [6.07, 6.45) is 1.72. The van der Waals surface area contributed by atoms with Crippen LogP contribution in [0.15, 0.2) is 76.8 Å². The molecule has 0 aliphatic carbocycles. The molecule has 0 fully saturated rings. The average Bonchev–Trinajstić information content (AvgIpc) is 3.52. The molecule has 2 aromatic heterocycles. The fourth-order valence-corrected chi connectivity index (χ4v) is 5.49. The number of para-hydroxylation sites is 1. The first-order valence-electron chi connectivity index (χ1n) is 10.2. The number of nitrogens with zero attached hydrogens (tertiary/aromatic N) is 3. The molecule has 2 aromatic carbocycles. The lowest BCUT2D eigenvalue weighted by Crippen LogP contribution is -2.32. The minimum Gasteiger partial charge on any atom is -0.497 e. The highest BCUT2D eigenvalue weighted by Crippen LogP contribution is 2.51. The Labute approximate surface area is 193 Å². The van der Waals surface area contributed by atoms with Crippen molar-refractivity contribution in [1.82, 2.24) is 14.8 Å². The number of hydrogen-bond donors (Lipinski definition) is 1. The van der Waals surface area contributed by atoms with E-state index in [1.807, 2.05) is 41.3 Å². The van der Waals surface area contributed by atoms with Crippen LogP contribution in [0.3, 0.4) is 0 Å². The highest BCUT2D eigenvalue weighted by Gasteiger charge is 2.41. The van der Waals surface area contributed by atoms with Crippen molar-refractivity contribution in [3.8, 4) is 11.5 Å². The van der Waals surface area contributed by atoms with Crippen LogP contribution in [-0.4, -0.2) is 28.1 Å². The van der Waals surface area contributed by atoms with Gasteiger partial charge in [-0.2, -0.15) is 4.98 Å². The van der Waals surface area contributed by atoms with Crippen molar-refractivity contribution in [3.63, 3.8) is 0 Å². The van der Waals surface area contributed by atoms with E-state index >= 15 is 0 Å². The Balaban J connectivity index is 1.60. The Morgan fingerprint density at radius 3 is 2.69 bits per heavy atom. The van der Waals surface area contributed by atoms with Crippen LogP contribution in [0.4, 0.5) is 5.95 Å². The van der Waals surface area contributed by atoms with Gasteiger partial charge in [0, 0.05) is 16.0 Å². The average molecular weight is 461 g/mol. The molecule has 160 valence electrons. The van der Waals surface area contributed by atoms with Gasteiger partial charge in [-0.3, -0.25) is 0 Å². The van der Waals surface area contributed by atoms with Crippen LogP contribution in [-0.2, 0) is 0 Å². The summed E-state index contributed by atoms with van der Waals surface area (Å²) < 4.78 is 14.0. The van der Waals surface area contributed by atoms with Gasteiger partial charge in [0.05, 0.1) is 12.8 Å². The van der Waals surface area contributed by atoms with Crippen molar-refractivity contribution in [2.24, 2.45) is 0 Å². The molecule has 2 atom stereocenters. The number of thiophene rings is 1. The number of ether oxygens (including phenoxy) is 2. The topological polar surface area (TPSA) is 61.2 Å². The van der Waals surface area contributed by atoms with Crippen molar-refractivity contribution >= 4 is 34.7 Å². The number of fused-ring (bicyclic) bond motifs is 3. The molecule has 4 heterocycles. The number of methoxy groups -OCH3 is 1.